The normalized spacial score (nSPS) is 13.0. The number of carbonyl (C=O) groups is 6. The number of rotatable bonds is 31. The van der Waals surface area contributed by atoms with Crippen molar-refractivity contribution in [3.8, 4) is 0 Å². The van der Waals surface area contributed by atoms with Gasteiger partial charge < -0.3 is 31.6 Å². The first kappa shape index (κ1) is 45.1. The van der Waals surface area contributed by atoms with Crippen LogP contribution >= 0.6 is 0 Å². The minimum Gasteiger partial charge on any atom is -0.481 e. The van der Waals surface area contributed by atoms with Crippen molar-refractivity contribution in [3.63, 3.8) is 0 Å². The summed E-state index contributed by atoms with van der Waals surface area (Å²) in [6.45, 7) is 4.20. The van der Waals surface area contributed by atoms with Crippen LogP contribution in [0.4, 0.5) is 0 Å². The van der Waals surface area contributed by atoms with E-state index in [9.17, 15) is 33.9 Å². The smallest absolute Gasteiger partial charge is 0.326 e. The molecule has 0 fully saturated rings. The minimum atomic E-state index is -1.24. The molecule has 0 radical (unpaired) electrons. The average Bonchev–Trinajstić information content (AvgIpc) is 3.51. The minimum absolute atomic E-state index is 0.0701. The molecule has 2 amide bonds. The highest BCUT2D eigenvalue weighted by Crippen LogP contribution is 2.22. The van der Waals surface area contributed by atoms with E-state index in [1.165, 1.54) is 32.1 Å². The highest BCUT2D eigenvalue weighted by Gasteiger charge is 2.26. The number of benzene rings is 1. The van der Waals surface area contributed by atoms with Crippen molar-refractivity contribution in [2.75, 3.05) is 0 Å². The highest BCUT2D eigenvalue weighted by molar-refractivity contribution is 5.92. The number of H-pyrrole nitrogens is 1. The maximum atomic E-state index is 13.5. The lowest BCUT2D eigenvalue weighted by atomic mass is 9.96. The van der Waals surface area contributed by atoms with Gasteiger partial charge in [-0.3, -0.25) is 24.0 Å². The summed E-state index contributed by atoms with van der Waals surface area (Å²) in [5.41, 5.74) is 9.17. The average molecular weight is 741 g/mol. The number of carboxylic acids is 2. The number of amides is 2. The van der Waals surface area contributed by atoms with Crippen LogP contribution in [0.25, 0.3) is 10.9 Å². The number of Topliss-reactive ketones (excluding diaryl/α,β-unsaturated/α-hetero) is 2. The second-order valence-electron chi connectivity index (χ2n) is 14.5. The quantitative estimate of drug-likeness (QED) is 0.0447. The molecule has 1 heterocycles. The lowest BCUT2D eigenvalue weighted by Crippen LogP contribution is -2.49. The maximum Gasteiger partial charge on any atom is 0.326 e. The van der Waals surface area contributed by atoms with Gasteiger partial charge in [0.2, 0.25) is 11.8 Å². The molecule has 0 aliphatic heterocycles. The zero-order valence-corrected chi connectivity index (χ0v) is 32.0. The molecule has 0 saturated carbocycles. The van der Waals surface area contributed by atoms with Crippen molar-refractivity contribution in [2.45, 2.75) is 173 Å². The Morgan fingerprint density at radius 2 is 1.32 bits per heavy atom. The van der Waals surface area contributed by atoms with Gasteiger partial charge in [-0.25, -0.2) is 4.79 Å². The summed E-state index contributed by atoms with van der Waals surface area (Å²) in [6.07, 6.45) is 16.9. The first-order chi connectivity index (χ1) is 25.4. The molecular formula is C41H64N4O8. The summed E-state index contributed by atoms with van der Waals surface area (Å²) in [6, 6.07) is 3.17. The van der Waals surface area contributed by atoms with E-state index in [4.69, 9.17) is 10.8 Å². The van der Waals surface area contributed by atoms with E-state index >= 15 is 0 Å². The Bertz CT molecular complexity index is 1450. The number of unbranched alkanes of at least 4 members (excludes halogenated alkanes) is 11. The number of carbonyl (C=O) groups excluding carboxylic acids is 4. The number of carboxylic acid groups (broad SMARTS) is 2. The van der Waals surface area contributed by atoms with Gasteiger partial charge in [0.15, 0.2) is 5.78 Å². The summed E-state index contributed by atoms with van der Waals surface area (Å²) in [7, 11) is 0. The third-order valence-corrected chi connectivity index (χ3v) is 9.78. The Morgan fingerprint density at radius 3 is 1.96 bits per heavy atom. The number of aryl methyl sites for hydroxylation is 1. The van der Waals surface area contributed by atoms with E-state index in [2.05, 4.69) is 22.5 Å². The molecule has 53 heavy (non-hydrogen) atoms. The number of nitrogens with two attached hydrogens (primary N) is 1. The van der Waals surface area contributed by atoms with E-state index in [-0.39, 0.29) is 31.5 Å². The molecule has 7 N–H and O–H groups in total. The topological polar surface area (TPSA) is 209 Å². The predicted octanol–water partition coefficient (Wildman–Crippen LogP) is 6.84. The van der Waals surface area contributed by atoms with E-state index in [1.54, 1.807) is 0 Å². The van der Waals surface area contributed by atoms with Crippen molar-refractivity contribution in [1.29, 1.82) is 0 Å². The SMILES string of the molecule is CCCCCCCCCC(=O)CCCCCCC[C@H](N)C(=O)N[C@H](Cc1c[nH]c2cc(C)ccc12)C(=O)CCCC[C@@H](NC(=O)CCC(=O)O)C(=O)O. The zero-order valence-electron chi connectivity index (χ0n) is 32.0. The first-order valence-corrected chi connectivity index (χ1v) is 19.8. The fraction of sp³-hybridized carbons (Fsp3) is 0.659. The molecule has 0 bridgehead atoms. The molecule has 1 aromatic carbocycles. The number of aliphatic carboxylic acids is 2. The molecular weight excluding hydrogens is 676 g/mol. The van der Waals surface area contributed by atoms with Crippen molar-refractivity contribution < 1.29 is 39.0 Å². The molecule has 1 aromatic heterocycles. The summed E-state index contributed by atoms with van der Waals surface area (Å²) >= 11 is 0. The van der Waals surface area contributed by atoms with E-state index in [0.29, 0.717) is 37.9 Å². The van der Waals surface area contributed by atoms with Gasteiger partial charge in [-0.1, -0.05) is 89.7 Å². The Morgan fingerprint density at radius 1 is 0.717 bits per heavy atom. The first-order valence-electron chi connectivity index (χ1n) is 19.8. The predicted molar refractivity (Wildman–Crippen MR) is 206 cm³/mol. The van der Waals surface area contributed by atoms with Crippen LogP contribution in [-0.2, 0) is 35.2 Å². The number of hydrogen-bond acceptors (Lipinski definition) is 7. The molecule has 0 aliphatic rings. The number of nitrogens with one attached hydrogen (secondary N) is 3. The Kier molecular flexibility index (Phi) is 22.0. The van der Waals surface area contributed by atoms with Gasteiger partial charge in [0.1, 0.15) is 11.8 Å². The second kappa shape index (κ2) is 25.8. The molecule has 3 atom stereocenters. The maximum absolute atomic E-state index is 13.5. The monoisotopic (exact) mass is 740 g/mol. The van der Waals surface area contributed by atoms with Crippen molar-refractivity contribution in [3.05, 3.63) is 35.5 Å². The van der Waals surface area contributed by atoms with Crippen LogP contribution < -0.4 is 16.4 Å². The largest absolute Gasteiger partial charge is 0.481 e. The Labute approximate surface area is 314 Å². The van der Waals surface area contributed by atoms with Gasteiger partial charge in [0.05, 0.1) is 18.5 Å². The van der Waals surface area contributed by atoms with Crippen molar-refractivity contribution in [2.24, 2.45) is 5.73 Å². The van der Waals surface area contributed by atoms with Crippen LogP contribution in [0.2, 0.25) is 0 Å². The van der Waals surface area contributed by atoms with E-state index in [0.717, 1.165) is 67.0 Å². The van der Waals surface area contributed by atoms with Gasteiger partial charge in [0, 0.05) is 49.2 Å². The standard InChI is InChI=1S/C41H64N4O8/c1-3-4-5-6-7-9-12-17-31(46)18-13-10-8-11-14-19-33(42)40(51)45-36(27-30-28-43-35-26-29(2)22-23-32(30)35)37(47)21-16-15-20-34(41(52)53)44-38(48)24-25-39(49)50/h22-23,26,28,33-34,36,43H,3-21,24-25,27,42H2,1-2H3,(H,44,48)(H,45,51)(H,49,50)(H,52,53)/t33-,34+,36+/m0/s1. The lowest BCUT2D eigenvalue weighted by molar-refractivity contribution is -0.142. The Balaban J connectivity index is 1.82. The number of aromatic amines is 1. The lowest BCUT2D eigenvalue weighted by Gasteiger charge is -2.21. The van der Waals surface area contributed by atoms with Gasteiger partial charge in [-0.2, -0.15) is 0 Å². The molecule has 2 aromatic rings. The molecule has 296 valence electrons. The molecule has 2 rings (SSSR count). The summed E-state index contributed by atoms with van der Waals surface area (Å²) in [5.74, 6) is -3.30. The van der Waals surface area contributed by atoms with E-state index < -0.39 is 48.3 Å². The third kappa shape index (κ3) is 19.0. The van der Waals surface area contributed by atoms with E-state index in [1.807, 2.05) is 31.3 Å². The number of aromatic nitrogens is 1. The number of hydrogen-bond donors (Lipinski definition) is 6. The van der Waals surface area contributed by atoms with Crippen LogP contribution in [0.15, 0.2) is 24.4 Å². The molecule has 0 spiro atoms. The van der Waals surface area contributed by atoms with Crippen LogP contribution in [0.5, 0.6) is 0 Å². The molecule has 0 aliphatic carbocycles. The molecule has 0 saturated heterocycles. The zero-order chi connectivity index (χ0) is 39.0. The summed E-state index contributed by atoms with van der Waals surface area (Å²) in [4.78, 5) is 76.5. The van der Waals surface area contributed by atoms with Gasteiger partial charge in [0.25, 0.3) is 0 Å². The van der Waals surface area contributed by atoms with Gasteiger partial charge in [-0.15, -0.1) is 0 Å². The van der Waals surface area contributed by atoms with Crippen molar-refractivity contribution in [1.82, 2.24) is 15.6 Å². The summed E-state index contributed by atoms with van der Waals surface area (Å²) in [5, 5.41) is 24.5. The third-order valence-electron chi connectivity index (χ3n) is 9.78. The second-order valence-corrected chi connectivity index (χ2v) is 14.5. The van der Waals surface area contributed by atoms with Crippen LogP contribution in [-0.4, -0.2) is 68.6 Å². The van der Waals surface area contributed by atoms with Crippen LogP contribution in [0, 0.1) is 6.92 Å². The molecule has 12 heteroatoms. The van der Waals surface area contributed by atoms with Crippen molar-refractivity contribution >= 4 is 46.2 Å². The van der Waals surface area contributed by atoms with Crippen LogP contribution in [0.1, 0.15) is 153 Å². The highest BCUT2D eigenvalue weighted by atomic mass is 16.4. The fourth-order valence-corrected chi connectivity index (χ4v) is 6.53. The van der Waals surface area contributed by atoms with Gasteiger partial charge in [-0.05, 0) is 56.2 Å². The molecule has 12 nitrogen and oxygen atoms in total. The Hall–Kier alpha value is -4.06. The fourth-order valence-electron chi connectivity index (χ4n) is 6.53. The number of ketones is 2. The summed E-state index contributed by atoms with van der Waals surface area (Å²) < 4.78 is 0. The molecule has 0 unspecified atom stereocenters. The number of fused-ring (bicyclic) bond motifs is 1. The van der Waals surface area contributed by atoms with Gasteiger partial charge >= 0.3 is 11.9 Å². The van der Waals surface area contributed by atoms with Crippen LogP contribution in [0.3, 0.4) is 0 Å².